The van der Waals surface area contributed by atoms with Gasteiger partial charge in [-0.05, 0) is 13.0 Å². The Balaban J connectivity index is 0.000000671. The Labute approximate surface area is 80.9 Å². The Morgan fingerprint density at radius 1 is 1.46 bits per heavy atom. The summed E-state index contributed by atoms with van der Waals surface area (Å²) in [5.74, 6) is 0. The van der Waals surface area contributed by atoms with Crippen LogP contribution in [0.5, 0.6) is 0 Å². The van der Waals surface area contributed by atoms with Crippen molar-refractivity contribution in [1.29, 1.82) is 0 Å². The first-order valence-electron chi connectivity index (χ1n) is 3.46. The lowest BCUT2D eigenvalue weighted by molar-refractivity contribution is -0.385. The fourth-order valence-electron chi connectivity index (χ4n) is 0.779. The van der Waals surface area contributed by atoms with E-state index in [2.05, 4.69) is 0 Å². The third-order valence-corrected chi connectivity index (χ3v) is 1.60. The molecule has 0 radical (unpaired) electrons. The third-order valence-electron chi connectivity index (χ3n) is 1.37. The predicted octanol–water partition coefficient (Wildman–Crippen LogP) is 2.17. The van der Waals surface area contributed by atoms with Crippen molar-refractivity contribution in [3.05, 3.63) is 38.9 Å². The number of hydrogen-bond donors (Lipinski definition) is 1. The van der Waals surface area contributed by atoms with E-state index < -0.39 is 4.92 Å². The van der Waals surface area contributed by atoms with E-state index >= 15 is 0 Å². The molecule has 0 amide bonds. The minimum Gasteiger partial charge on any atom is -0.400 e. The van der Waals surface area contributed by atoms with Gasteiger partial charge in [0.2, 0.25) is 0 Å². The second kappa shape index (κ2) is 5.50. The number of aliphatic hydroxyl groups excluding tert-OH is 1. The Bertz CT molecular complexity index is 301. The summed E-state index contributed by atoms with van der Waals surface area (Å²) in [5.41, 5.74) is 0.692. The van der Waals surface area contributed by atoms with Crippen LogP contribution in [0, 0.1) is 17.0 Å². The SMILES string of the molecule is CO.Cc1ccc(Cl)cc1[N+](=O)[O-]. The van der Waals surface area contributed by atoms with Crippen LogP contribution in [-0.2, 0) is 0 Å². The molecule has 72 valence electrons. The molecular weight excluding hydrogens is 194 g/mol. The van der Waals surface area contributed by atoms with Crippen molar-refractivity contribution in [2.24, 2.45) is 0 Å². The smallest absolute Gasteiger partial charge is 0.273 e. The van der Waals surface area contributed by atoms with E-state index in [1.54, 1.807) is 19.1 Å². The fraction of sp³-hybridized carbons (Fsp3) is 0.250. The quantitative estimate of drug-likeness (QED) is 0.562. The van der Waals surface area contributed by atoms with Gasteiger partial charge in [0.1, 0.15) is 0 Å². The summed E-state index contributed by atoms with van der Waals surface area (Å²) in [7, 11) is 1.00. The maximum Gasteiger partial charge on any atom is 0.273 e. The van der Waals surface area contributed by atoms with Gasteiger partial charge in [0.25, 0.3) is 5.69 Å². The Hall–Kier alpha value is -1.13. The number of aliphatic hydroxyl groups is 1. The first-order valence-corrected chi connectivity index (χ1v) is 3.84. The van der Waals surface area contributed by atoms with Crippen molar-refractivity contribution in [3.8, 4) is 0 Å². The van der Waals surface area contributed by atoms with E-state index in [4.69, 9.17) is 16.7 Å². The highest BCUT2D eigenvalue weighted by molar-refractivity contribution is 6.30. The molecule has 5 heteroatoms. The van der Waals surface area contributed by atoms with Gasteiger partial charge in [-0.15, -0.1) is 0 Å². The van der Waals surface area contributed by atoms with E-state index in [9.17, 15) is 10.1 Å². The highest BCUT2D eigenvalue weighted by atomic mass is 35.5. The topological polar surface area (TPSA) is 63.4 Å². The highest BCUT2D eigenvalue weighted by Crippen LogP contribution is 2.21. The van der Waals surface area contributed by atoms with E-state index in [-0.39, 0.29) is 5.69 Å². The Morgan fingerprint density at radius 2 is 2.00 bits per heavy atom. The molecule has 0 aromatic heterocycles. The third kappa shape index (κ3) is 3.40. The van der Waals surface area contributed by atoms with Crippen molar-refractivity contribution in [2.75, 3.05) is 7.11 Å². The van der Waals surface area contributed by atoms with Gasteiger partial charge in [0, 0.05) is 23.8 Å². The normalized spacial score (nSPS) is 8.62. The molecule has 1 aromatic rings. The van der Waals surface area contributed by atoms with Gasteiger partial charge in [-0.2, -0.15) is 0 Å². The number of hydrogen-bond acceptors (Lipinski definition) is 3. The standard InChI is InChI=1S/C7H6ClNO2.CH4O/c1-5-2-3-6(8)4-7(5)9(10)11;1-2/h2-4H,1H3;2H,1H3. The number of aryl methyl sites for hydroxylation is 1. The molecule has 0 bridgehead atoms. The summed E-state index contributed by atoms with van der Waals surface area (Å²) in [5, 5.41) is 17.7. The summed E-state index contributed by atoms with van der Waals surface area (Å²) in [6.45, 7) is 1.68. The first kappa shape index (κ1) is 11.9. The zero-order valence-corrected chi connectivity index (χ0v) is 8.08. The zero-order valence-electron chi connectivity index (χ0n) is 7.32. The molecule has 0 saturated heterocycles. The number of halogens is 1. The molecule has 0 aliphatic rings. The van der Waals surface area contributed by atoms with Gasteiger partial charge >= 0.3 is 0 Å². The van der Waals surface area contributed by atoms with Crippen LogP contribution in [0.15, 0.2) is 18.2 Å². The van der Waals surface area contributed by atoms with E-state index in [1.807, 2.05) is 0 Å². The van der Waals surface area contributed by atoms with E-state index in [0.29, 0.717) is 10.6 Å². The van der Waals surface area contributed by atoms with Gasteiger partial charge in [-0.3, -0.25) is 10.1 Å². The molecule has 0 unspecified atom stereocenters. The summed E-state index contributed by atoms with van der Waals surface area (Å²) in [6.07, 6.45) is 0. The van der Waals surface area contributed by atoms with Crippen LogP contribution in [0.1, 0.15) is 5.56 Å². The molecule has 1 N–H and O–H groups in total. The second-order valence-corrected chi connectivity index (χ2v) is 2.62. The lowest BCUT2D eigenvalue weighted by atomic mass is 10.2. The monoisotopic (exact) mass is 203 g/mol. The molecule has 0 saturated carbocycles. The maximum absolute atomic E-state index is 10.3. The molecule has 0 aliphatic carbocycles. The average molecular weight is 204 g/mol. The summed E-state index contributed by atoms with van der Waals surface area (Å²) < 4.78 is 0. The van der Waals surface area contributed by atoms with Gasteiger partial charge in [-0.1, -0.05) is 17.7 Å². The number of nitrogens with zero attached hydrogens (tertiary/aromatic N) is 1. The molecule has 0 heterocycles. The van der Waals surface area contributed by atoms with Crippen LogP contribution in [0.25, 0.3) is 0 Å². The summed E-state index contributed by atoms with van der Waals surface area (Å²) in [6, 6.07) is 4.60. The highest BCUT2D eigenvalue weighted by Gasteiger charge is 2.09. The molecule has 4 nitrogen and oxygen atoms in total. The van der Waals surface area contributed by atoms with Gasteiger partial charge in [-0.25, -0.2) is 0 Å². The molecule has 1 rings (SSSR count). The van der Waals surface area contributed by atoms with Crippen LogP contribution < -0.4 is 0 Å². The van der Waals surface area contributed by atoms with Gasteiger partial charge in [0.05, 0.1) is 4.92 Å². The average Bonchev–Trinajstić information content (AvgIpc) is 2.12. The molecule has 13 heavy (non-hydrogen) atoms. The van der Waals surface area contributed by atoms with Crippen LogP contribution in [-0.4, -0.2) is 17.1 Å². The zero-order chi connectivity index (χ0) is 10.4. The van der Waals surface area contributed by atoms with Crippen molar-refractivity contribution in [2.45, 2.75) is 6.92 Å². The van der Waals surface area contributed by atoms with Crippen LogP contribution in [0.3, 0.4) is 0 Å². The molecule has 0 spiro atoms. The number of nitro groups is 1. The minimum atomic E-state index is -0.443. The van der Waals surface area contributed by atoms with Gasteiger partial charge < -0.3 is 5.11 Å². The predicted molar refractivity (Wildman–Crippen MR) is 51.0 cm³/mol. The van der Waals surface area contributed by atoms with Crippen molar-refractivity contribution >= 4 is 17.3 Å². The Kier molecular flexibility index (Phi) is 5.03. The van der Waals surface area contributed by atoms with Crippen molar-refractivity contribution < 1.29 is 10.0 Å². The maximum atomic E-state index is 10.3. The summed E-state index contributed by atoms with van der Waals surface area (Å²) in [4.78, 5) is 9.88. The number of benzene rings is 1. The number of rotatable bonds is 1. The van der Waals surface area contributed by atoms with Crippen molar-refractivity contribution in [3.63, 3.8) is 0 Å². The fourth-order valence-corrected chi connectivity index (χ4v) is 0.946. The van der Waals surface area contributed by atoms with Gasteiger partial charge in [0.15, 0.2) is 0 Å². The molecule has 1 aromatic carbocycles. The number of nitro benzene ring substituents is 1. The molecular formula is C8H10ClNO3. The van der Waals surface area contributed by atoms with Crippen LogP contribution in [0.4, 0.5) is 5.69 Å². The summed E-state index contributed by atoms with van der Waals surface area (Å²) >= 11 is 5.56. The molecule has 0 atom stereocenters. The van der Waals surface area contributed by atoms with Crippen LogP contribution in [0.2, 0.25) is 5.02 Å². The molecule has 0 fully saturated rings. The largest absolute Gasteiger partial charge is 0.400 e. The first-order chi connectivity index (χ1) is 6.11. The van der Waals surface area contributed by atoms with Crippen LogP contribution >= 0.6 is 11.6 Å². The second-order valence-electron chi connectivity index (χ2n) is 2.19. The minimum absolute atomic E-state index is 0.0671. The lowest BCUT2D eigenvalue weighted by Crippen LogP contribution is -1.90. The van der Waals surface area contributed by atoms with E-state index in [0.717, 1.165) is 7.11 Å². The van der Waals surface area contributed by atoms with Crippen molar-refractivity contribution in [1.82, 2.24) is 0 Å². The molecule has 0 aliphatic heterocycles. The van der Waals surface area contributed by atoms with E-state index in [1.165, 1.54) is 6.07 Å². The lowest BCUT2D eigenvalue weighted by Gasteiger charge is -1.95. The Morgan fingerprint density at radius 3 is 2.38 bits per heavy atom.